The lowest BCUT2D eigenvalue weighted by Crippen LogP contribution is -2.14. The zero-order chi connectivity index (χ0) is 20.4. The summed E-state index contributed by atoms with van der Waals surface area (Å²) in [7, 11) is 0. The fourth-order valence-electron chi connectivity index (χ4n) is 3.50. The van der Waals surface area contributed by atoms with E-state index in [1.807, 2.05) is 43.3 Å². The summed E-state index contributed by atoms with van der Waals surface area (Å²) in [5.74, 6) is 0.103. The summed E-state index contributed by atoms with van der Waals surface area (Å²) in [5.41, 5.74) is 4.83. The van der Waals surface area contributed by atoms with Gasteiger partial charge in [0, 0.05) is 17.6 Å². The molecule has 2 aromatic carbocycles. The monoisotopic (exact) mass is 378 g/mol. The largest absolute Gasteiger partial charge is 0.508 e. The molecule has 1 heterocycles. The molecule has 2 N–H and O–H groups in total. The van der Waals surface area contributed by atoms with Gasteiger partial charge in [0.05, 0.1) is 17.6 Å². The number of nitrogens with one attached hydrogen (secondary N) is 1. The first kappa shape index (κ1) is 19.7. The summed E-state index contributed by atoms with van der Waals surface area (Å²) in [6.45, 7) is 8.23. The zero-order valence-electron chi connectivity index (χ0n) is 16.7. The summed E-state index contributed by atoms with van der Waals surface area (Å²) in [4.78, 5) is 23.2. The minimum atomic E-state index is -0.300. The van der Waals surface area contributed by atoms with Crippen LogP contribution in [0.1, 0.15) is 49.9 Å². The van der Waals surface area contributed by atoms with Crippen LogP contribution in [0.5, 0.6) is 5.75 Å². The number of aromatic nitrogens is 1. The van der Waals surface area contributed by atoms with E-state index in [-0.39, 0.29) is 24.0 Å². The molecule has 0 unspecified atom stereocenters. The topological polar surface area (TPSA) is 71.3 Å². The summed E-state index contributed by atoms with van der Waals surface area (Å²) in [6, 6.07) is 13.5. The predicted octanol–water partition coefficient (Wildman–Crippen LogP) is 4.74. The summed E-state index contributed by atoms with van der Waals surface area (Å²) in [5, 5.41) is 13.9. The average molecular weight is 378 g/mol. The van der Waals surface area contributed by atoms with E-state index in [9.17, 15) is 14.7 Å². The van der Waals surface area contributed by atoms with Gasteiger partial charge in [0.25, 0.3) is 0 Å². The van der Waals surface area contributed by atoms with E-state index < -0.39 is 0 Å². The summed E-state index contributed by atoms with van der Waals surface area (Å²) < 4.78 is 2.19. The van der Waals surface area contributed by atoms with Crippen molar-refractivity contribution in [1.82, 2.24) is 4.57 Å². The summed E-state index contributed by atoms with van der Waals surface area (Å²) >= 11 is 0. The zero-order valence-corrected chi connectivity index (χ0v) is 16.7. The SMILES string of the molecule is CC(=O)CC(=O)Nc1cccc2c1cc(C)n2Cc1ccc(O)c(C(C)C)c1. The van der Waals surface area contributed by atoms with E-state index in [4.69, 9.17) is 0 Å². The molecule has 3 rings (SSSR count). The lowest BCUT2D eigenvalue weighted by atomic mass is 9.99. The lowest BCUT2D eigenvalue weighted by molar-refractivity contribution is -0.124. The Morgan fingerprint density at radius 1 is 1.14 bits per heavy atom. The average Bonchev–Trinajstić information content (AvgIpc) is 2.92. The predicted molar refractivity (Wildman–Crippen MR) is 112 cm³/mol. The quantitative estimate of drug-likeness (QED) is 0.608. The van der Waals surface area contributed by atoms with Crippen molar-refractivity contribution in [1.29, 1.82) is 0 Å². The second-order valence-electron chi connectivity index (χ2n) is 7.59. The lowest BCUT2D eigenvalue weighted by Gasteiger charge is -2.13. The molecule has 0 saturated heterocycles. The highest BCUT2D eigenvalue weighted by atomic mass is 16.3. The molecule has 5 heteroatoms. The van der Waals surface area contributed by atoms with Crippen LogP contribution in [0.2, 0.25) is 0 Å². The molecular weight excluding hydrogens is 352 g/mol. The van der Waals surface area contributed by atoms with E-state index in [2.05, 4.69) is 23.7 Å². The van der Waals surface area contributed by atoms with Crippen LogP contribution in [-0.4, -0.2) is 21.4 Å². The molecule has 0 aliphatic carbocycles. The molecule has 0 bridgehead atoms. The van der Waals surface area contributed by atoms with Crippen molar-refractivity contribution in [3.63, 3.8) is 0 Å². The van der Waals surface area contributed by atoms with Crippen molar-refractivity contribution < 1.29 is 14.7 Å². The smallest absolute Gasteiger partial charge is 0.231 e. The molecule has 0 saturated carbocycles. The minimum absolute atomic E-state index is 0.123. The van der Waals surface area contributed by atoms with Crippen molar-refractivity contribution in [2.24, 2.45) is 0 Å². The van der Waals surface area contributed by atoms with Crippen LogP contribution >= 0.6 is 0 Å². The Kier molecular flexibility index (Phi) is 5.54. The third-order valence-electron chi connectivity index (χ3n) is 4.89. The number of ketones is 1. The molecule has 0 fully saturated rings. The van der Waals surface area contributed by atoms with Crippen molar-refractivity contribution in [2.75, 3.05) is 5.32 Å². The number of aromatic hydroxyl groups is 1. The van der Waals surface area contributed by atoms with Gasteiger partial charge in [-0.25, -0.2) is 0 Å². The van der Waals surface area contributed by atoms with Gasteiger partial charge in [-0.2, -0.15) is 0 Å². The first-order chi connectivity index (χ1) is 13.3. The number of nitrogens with zero attached hydrogens (tertiary/aromatic N) is 1. The van der Waals surface area contributed by atoms with Gasteiger partial charge in [-0.05, 0) is 55.2 Å². The van der Waals surface area contributed by atoms with Gasteiger partial charge in [-0.15, -0.1) is 0 Å². The van der Waals surface area contributed by atoms with Crippen LogP contribution in [0, 0.1) is 6.92 Å². The fraction of sp³-hybridized carbons (Fsp3) is 0.304. The Hall–Kier alpha value is -3.08. The molecule has 0 atom stereocenters. The first-order valence-electron chi connectivity index (χ1n) is 9.46. The van der Waals surface area contributed by atoms with Crippen molar-refractivity contribution in [2.45, 2.75) is 46.6 Å². The number of rotatable bonds is 6. The Bertz CT molecular complexity index is 1050. The Labute approximate surface area is 165 Å². The van der Waals surface area contributed by atoms with E-state index in [1.165, 1.54) is 6.92 Å². The third kappa shape index (κ3) is 4.09. The Balaban J connectivity index is 1.96. The fourth-order valence-corrected chi connectivity index (χ4v) is 3.50. The highest BCUT2D eigenvalue weighted by Gasteiger charge is 2.13. The number of hydrogen-bond acceptors (Lipinski definition) is 3. The van der Waals surface area contributed by atoms with E-state index in [0.29, 0.717) is 18.0 Å². The first-order valence-corrected chi connectivity index (χ1v) is 9.46. The van der Waals surface area contributed by atoms with Gasteiger partial charge >= 0.3 is 0 Å². The molecule has 0 radical (unpaired) electrons. The number of phenolic OH excluding ortho intramolecular Hbond substituents is 1. The molecule has 0 aliphatic heterocycles. The molecule has 28 heavy (non-hydrogen) atoms. The maximum Gasteiger partial charge on any atom is 0.231 e. The number of benzene rings is 2. The number of Topliss-reactive ketones (excluding diaryl/α,β-unsaturated/α-hetero) is 1. The number of carbonyl (C=O) groups excluding carboxylic acids is 2. The van der Waals surface area contributed by atoms with Crippen LogP contribution in [-0.2, 0) is 16.1 Å². The molecule has 3 aromatic rings. The van der Waals surface area contributed by atoms with Gasteiger partial charge in [0.1, 0.15) is 11.5 Å². The highest BCUT2D eigenvalue weighted by Crippen LogP contribution is 2.30. The maximum absolute atomic E-state index is 12.0. The molecule has 1 amide bonds. The second-order valence-corrected chi connectivity index (χ2v) is 7.59. The van der Waals surface area contributed by atoms with Gasteiger partial charge in [-0.1, -0.05) is 32.0 Å². The molecule has 1 aromatic heterocycles. The van der Waals surface area contributed by atoms with Crippen LogP contribution in [0.15, 0.2) is 42.5 Å². The Morgan fingerprint density at radius 2 is 1.89 bits per heavy atom. The number of carbonyl (C=O) groups is 2. The van der Waals surface area contributed by atoms with Gasteiger partial charge in [-0.3, -0.25) is 9.59 Å². The Morgan fingerprint density at radius 3 is 2.57 bits per heavy atom. The van der Waals surface area contributed by atoms with Crippen molar-refractivity contribution in [3.8, 4) is 5.75 Å². The molecular formula is C23H26N2O3. The molecule has 146 valence electrons. The molecule has 5 nitrogen and oxygen atoms in total. The van der Waals surface area contributed by atoms with Gasteiger partial charge in [0.15, 0.2) is 0 Å². The maximum atomic E-state index is 12.0. The van der Waals surface area contributed by atoms with Crippen LogP contribution < -0.4 is 5.32 Å². The van der Waals surface area contributed by atoms with E-state index in [0.717, 1.165) is 27.7 Å². The molecule has 0 spiro atoms. The number of hydrogen-bond donors (Lipinski definition) is 2. The number of anilines is 1. The van der Waals surface area contributed by atoms with Crippen molar-refractivity contribution in [3.05, 3.63) is 59.3 Å². The van der Waals surface area contributed by atoms with Crippen LogP contribution in [0.25, 0.3) is 10.9 Å². The van der Waals surface area contributed by atoms with Gasteiger partial charge < -0.3 is 15.0 Å². The second kappa shape index (κ2) is 7.89. The number of fused-ring (bicyclic) bond motifs is 1. The minimum Gasteiger partial charge on any atom is -0.508 e. The number of phenols is 1. The van der Waals surface area contributed by atoms with Crippen LogP contribution in [0.3, 0.4) is 0 Å². The number of aryl methyl sites for hydroxylation is 1. The highest BCUT2D eigenvalue weighted by molar-refractivity contribution is 6.07. The normalized spacial score (nSPS) is 11.2. The third-order valence-corrected chi connectivity index (χ3v) is 4.89. The van der Waals surface area contributed by atoms with E-state index >= 15 is 0 Å². The summed E-state index contributed by atoms with van der Waals surface area (Å²) in [6.07, 6.45) is -0.123. The standard InChI is InChI=1S/C23H26N2O3/c1-14(2)18-12-17(8-9-22(18)27)13-25-15(3)10-19-20(6-5-7-21(19)25)24-23(28)11-16(4)26/h5-10,12,14,27H,11,13H2,1-4H3,(H,24,28). The van der Waals surface area contributed by atoms with Gasteiger partial charge in [0.2, 0.25) is 5.91 Å². The van der Waals surface area contributed by atoms with Crippen molar-refractivity contribution >= 4 is 28.3 Å². The van der Waals surface area contributed by atoms with Crippen LogP contribution in [0.4, 0.5) is 5.69 Å². The number of amides is 1. The van der Waals surface area contributed by atoms with E-state index in [1.54, 1.807) is 6.07 Å². The molecule has 0 aliphatic rings.